The molecule has 0 atom stereocenters. The van der Waals surface area contributed by atoms with E-state index in [0.29, 0.717) is 17.3 Å². The Labute approximate surface area is 87.8 Å². The van der Waals surface area contributed by atoms with E-state index in [4.69, 9.17) is 16.3 Å². The summed E-state index contributed by atoms with van der Waals surface area (Å²) in [7, 11) is 0. The molecule has 1 aromatic rings. The number of ether oxygens (including phenoxy) is 1. The zero-order valence-corrected chi connectivity index (χ0v) is 9.21. The van der Waals surface area contributed by atoms with Gasteiger partial charge < -0.3 is 4.74 Å². The quantitative estimate of drug-likeness (QED) is 0.729. The fourth-order valence-corrected chi connectivity index (χ4v) is 1.42. The molecule has 1 rings (SSSR count). The molecule has 0 unspecified atom stereocenters. The maximum Gasteiger partial charge on any atom is 0.342 e. The Morgan fingerprint density at radius 2 is 2.36 bits per heavy atom. The molecule has 0 radical (unpaired) electrons. The molecule has 0 fully saturated rings. The first kappa shape index (κ1) is 11.0. The zero-order valence-electron chi connectivity index (χ0n) is 8.45. The van der Waals surface area contributed by atoms with E-state index in [1.807, 2.05) is 13.8 Å². The van der Waals surface area contributed by atoms with Crippen molar-refractivity contribution in [3.05, 3.63) is 16.9 Å². The summed E-state index contributed by atoms with van der Waals surface area (Å²) in [5.74, 6) is -0.426. The van der Waals surface area contributed by atoms with E-state index in [1.54, 1.807) is 11.6 Å². The average molecular weight is 217 g/mol. The van der Waals surface area contributed by atoms with E-state index in [2.05, 4.69) is 5.10 Å². The van der Waals surface area contributed by atoms with Gasteiger partial charge in [0.25, 0.3) is 0 Å². The van der Waals surface area contributed by atoms with Crippen LogP contribution in [0.2, 0.25) is 5.15 Å². The number of carbonyl (C=O) groups is 1. The van der Waals surface area contributed by atoms with Crippen molar-refractivity contribution >= 4 is 17.6 Å². The second-order valence-corrected chi connectivity index (χ2v) is 3.47. The highest BCUT2D eigenvalue weighted by molar-refractivity contribution is 6.32. The maximum absolute atomic E-state index is 11.3. The highest BCUT2D eigenvalue weighted by Crippen LogP contribution is 2.20. The summed E-state index contributed by atoms with van der Waals surface area (Å²) >= 11 is 5.95. The number of hydrogen-bond acceptors (Lipinski definition) is 3. The molecule has 0 aliphatic rings. The van der Waals surface area contributed by atoms with E-state index >= 15 is 0 Å². The van der Waals surface area contributed by atoms with Crippen LogP contribution < -0.4 is 0 Å². The van der Waals surface area contributed by atoms with Crippen molar-refractivity contribution in [1.82, 2.24) is 9.78 Å². The summed E-state index contributed by atoms with van der Waals surface area (Å²) in [6.45, 7) is 5.96. The largest absolute Gasteiger partial charge is 0.462 e. The van der Waals surface area contributed by atoms with Crippen LogP contribution in [-0.4, -0.2) is 22.4 Å². The molecule has 0 saturated heterocycles. The minimum absolute atomic E-state index is 0.130. The van der Waals surface area contributed by atoms with Crippen LogP contribution in [0.25, 0.3) is 0 Å². The van der Waals surface area contributed by atoms with Gasteiger partial charge >= 0.3 is 5.97 Å². The molecule has 1 aromatic heterocycles. The van der Waals surface area contributed by atoms with Crippen LogP contribution in [0.1, 0.15) is 37.2 Å². The van der Waals surface area contributed by atoms with E-state index in [0.717, 1.165) is 0 Å². The van der Waals surface area contributed by atoms with Gasteiger partial charge in [0.15, 0.2) is 0 Å². The van der Waals surface area contributed by atoms with Gasteiger partial charge in [-0.25, -0.2) is 4.79 Å². The van der Waals surface area contributed by atoms with Crippen molar-refractivity contribution < 1.29 is 9.53 Å². The number of carbonyl (C=O) groups excluding carboxylic acids is 1. The topological polar surface area (TPSA) is 44.1 Å². The van der Waals surface area contributed by atoms with Crippen LogP contribution in [0.4, 0.5) is 0 Å². The average Bonchev–Trinajstić information content (AvgIpc) is 2.47. The lowest BCUT2D eigenvalue weighted by Gasteiger charge is -2.06. The highest BCUT2D eigenvalue weighted by Gasteiger charge is 2.17. The number of esters is 1. The van der Waals surface area contributed by atoms with Crippen molar-refractivity contribution in [1.29, 1.82) is 0 Å². The number of halogens is 1. The third kappa shape index (κ3) is 2.07. The van der Waals surface area contributed by atoms with Crippen molar-refractivity contribution in [2.45, 2.75) is 26.8 Å². The highest BCUT2D eigenvalue weighted by atomic mass is 35.5. The van der Waals surface area contributed by atoms with Crippen molar-refractivity contribution in [2.24, 2.45) is 0 Å². The Hall–Kier alpha value is -1.03. The van der Waals surface area contributed by atoms with E-state index in [1.165, 1.54) is 6.20 Å². The second-order valence-electron chi connectivity index (χ2n) is 3.11. The molecular formula is C9H13ClN2O2. The molecule has 0 aliphatic heterocycles. The van der Waals surface area contributed by atoms with Crippen molar-refractivity contribution in [2.75, 3.05) is 6.61 Å². The van der Waals surface area contributed by atoms with Crippen LogP contribution >= 0.6 is 11.6 Å². The van der Waals surface area contributed by atoms with Gasteiger partial charge in [0.1, 0.15) is 10.7 Å². The van der Waals surface area contributed by atoms with Gasteiger partial charge in [-0.15, -0.1) is 0 Å². The van der Waals surface area contributed by atoms with E-state index in [-0.39, 0.29) is 6.04 Å². The summed E-state index contributed by atoms with van der Waals surface area (Å²) in [6, 6.07) is 0.130. The summed E-state index contributed by atoms with van der Waals surface area (Å²) in [4.78, 5) is 11.3. The smallest absolute Gasteiger partial charge is 0.342 e. The van der Waals surface area contributed by atoms with Gasteiger partial charge in [-0.2, -0.15) is 5.10 Å². The van der Waals surface area contributed by atoms with Crippen LogP contribution in [0.5, 0.6) is 0 Å². The molecule has 14 heavy (non-hydrogen) atoms. The Morgan fingerprint density at radius 1 is 1.71 bits per heavy atom. The Morgan fingerprint density at radius 3 is 2.79 bits per heavy atom. The second kappa shape index (κ2) is 4.46. The molecule has 0 saturated carbocycles. The summed E-state index contributed by atoms with van der Waals surface area (Å²) in [5.41, 5.74) is 0.321. The van der Waals surface area contributed by atoms with Crippen LogP contribution in [-0.2, 0) is 4.74 Å². The number of aromatic nitrogens is 2. The van der Waals surface area contributed by atoms with Crippen LogP contribution in [0.15, 0.2) is 6.20 Å². The summed E-state index contributed by atoms with van der Waals surface area (Å²) < 4.78 is 6.40. The lowest BCUT2D eigenvalue weighted by Crippen LogP contribution is -2.06. The fourth-order valence-electron chi connectivity index (χ4n) is 1.05. The maximum atomic E-state index is 11.3. The van der Waals surface area contributed by atoms with Gasteiger partial charge in [-0.1, -0.05) is 11.6 Å². The first-order valence-electron chi connectivity index (χ1n) is 4.48. The zero-order chi connectivity index (χ0) is 10.7. The van der Waals surface area contributed by atoms with Crippen molar-refractivity contribution in [3.8, 4) is 0 Å². The molecule has 78 valence electrons. The molecule has 4 nitrogen and oxygen atoms in total. The van der Waals surface area contributed by atoms with Crippen LogP contribution in [0, 0.1) is 0 Å². The van der Waals surface area contributed by atoms with Gasteiger partial charge in [-0.3, -0.25) is 4.68 Å². The van der Waals surface area contributed by atoms with Gasteiger partial charge in [-0.05, 0) is 20.8 Å². The third-order valence-electron chi connectivity index (χ3n) is 1.72. The number of nitrogens with zero attached hydrogens (tertiary/aromatic N) is 2. The minimum Gasteiger partial charge on any atom is -0.462 e. The lowest BCUT2D eigenvalue weighted by molar-refractivity contribution is 0.0526. The molecule has 0 bridgehead atoms. The molecule has 0 aliphatic carbocycles. The van der Waals surface area contributed by atoms with Gasteiger partial charge in [0, 0.05) is 6.04 Å². The monoisotopic (exact) mass is 216 g/mol. The Kier molecular flexibility index (Phi) is 3.52. The molecule has 5 heteroatoms. The predicted octanol–water partition coefficient (Wildman–Crippen LogP) is 2.29. The number of hydrogen-bond donors (Lipinski definition) is 0. The predicted molar refractivity (Wildman–Crippen MR) is 53.6 cm³/mol. The molecule has 0 spiro atoms. The normalized spacial score (nSPS) is 10.6. The van der Waals surface area contributed by atoms with E-state index in [9.17, 15) is 4.79 Å². The Bertz CT molecular complexity index is 334. The molecular weight excluding hydrogens is 204 g/mol. The Balaban J connectivity index is 2.95. The van der Waals surface area contributed by atoms with E-state index < -0.39 is 5.97 Å². The minimum atomic E-state index is -0.426. The molecule has 0 aromatic carbocycles. The van der Waals surface area contributed by atoms with Gasteiger partial charge in [0.2, 0.25) is 0 Å². The SMILES string of the molecule is CCOC(=O)c1cnn(C(C)C)c1Cl. The third-order valence-corrected chi connectivity index (χ3v) is 2.10. The molecule has 0 N–H and O–H groups in total. The van der Waals surface area contributed by atoms with Crippen LogP contribution in [0.3, 0.4) is 0 Å². The summed E-state index contributed by atoms with van der Waals surface area (Å²) in [5, 5.41) is 4.33. The molecule has 0 amide bonds. The van der Waals surface area contributed by atoms with Crippen molar-refractivity contribution in [3.63, 3.8) is 0 Å². The number of rotatable bonds is 3. The first-order valence-corrected chi connectivity index (χ1v) is 4.85. The molecule has 1 heterocycles. The fraction of sp³-hybridized carbons (Fsp3) is 0.556. The lowest BCUT2D eigenvalue weighted by atomic mass is 10.3. The standard InChI is InChI=1S/C9H13ClN2O2/c1-4-14-9(13)7-5-11-12(6(2)3)8(7)10/h5-6H,4H2,1-3H3. The van der Waals surface area contributed by atoms with Gasteiger partial charge in [0.05, 0.1) is 12.8 Å². The first-order chi connectivity index (χ1) is 6.57. The summed E-state index contributed by atoms with van der Waals surface area (Å²) in [6.07, 6.45) is 1.43.